The van der Waals surface area contributed by atoms with Gasteiger partial charge in [0.15, 0.2) is 12.4 Å². The Hall–Kier alpha value is -2.88. The van der Waals surface area contributed by atoms with Crippen LogP contribution in [0.4, 0.5) is 5.69 Å². The third-order valence-electron chi connectivity index (χ3n) is 3.45. The fourth-order valence-corrected chi connectivity index (χ4v) is 2.38. The zero-order valence-corrected chi connectivity index (χ0v) is 12.3. The van der Waals surface area contributed by atoms with Crippen LogP contribution in [0.2, 0.25) is 0 Å². The van der Waals surface area contributed by atoms with Crippen molar-refractivity contribution >= 4 is 22.4 Å². The molecule has 0 aliphatic carbocycles. The van der Waals surface area contributed by atoms with Crippen molar-refractivity contribution in [1.82, 2.24) is 0 Å². The molecule has 22 heavy (non-hydrogen) atoms. The summed E-state index contributed by atoms with van der Waals surface area (Å²) in [5.41, 5.74) is 0.677. The molecule has 0 radical (unpaired) electrons. The Bertz CT molecular complexity index is 815. The van der Waals surface area contributed by atoms with Crippen molar-refractivity contribution in [1.29, 1.82) is 0 Å². The number of hydrogen-bond donors (Lipinski definition) is 1. The molecule has 0 saturated carbocycles. The zero-order valence-electron chi connectivity index (χ0n) is 12.3. The van der Waals surface area contributed by atoms with Crippen LogP contribution in [-0.4, -0.2) is 13.0 Å². The quantitative estimate of drug-likeness (QED) is 0.752. The van der Waals surface area contributed by atoms with Crippen LogP contribution >= 0.6 is 0 Å². The van der Waals surface area contributed by atoms with Crippen LogP contribution in [0.5, 0.6) is 5.75 Å². The monoisotopic (exact) mass is 293 g/mol. The summed E-state index contributed by atoms with van der Waals surface area (Å²) in [6.07, 6.45) is 3.88. The number of carbonyl (C=O) groups is 1. The maximum atomic E-state index is 12.2. The first-order valence-corrected chi connectivity index (χ1v) is 7.07. The number of methoxy groups -OCH3 is 1. The summed E-state index contributed by atoms with van der Waals surface area (Å²) in [5, 5.41) is 5.14. The molecule has 1 amide bonds. The molecule has 0 saturated heterocycles. The SMILES string of the molecule is COc1ccccc1NC(=O)C[n+]1ccc2ccccc2c1. The van der Waals surface area contributed by atoms with E-state index in [9.17, 15) is 4.79 Å². The molecule has 0 aliphatic rings. The number of ether oxygens (including phenoxy) is 1. The number of nitrogens with zero attached hydrogens (tertiary/aromatic N) is 1. The Morgan fingerprint density at radius 1 is 1.05 bits per heavy atom. The summed E-state index contributed by atoms with van der Waals surface area (Å²) in [4.78, 5) is 12.2. The Labute approximate surface area is 129 Å². The molecule has 0 unspecified atom stereocenters. The molecule has 3 rings (SSSR count). The van der Waals surface area contributed by atoms with E-state index in [2.05, 4.69) is 11.4 Å². The summed E-state index contributed by atoms with van der Waals surface area (Å²) in [5.74, 6) is 0.559. The van der Waals surface area contributed by atoms with Gasteiger partial charge in [0.1, 0.15) is 5.75 Å². The van der Waals surface area contributed by atoms with E-state index in [0.29, 0.717) is 11.4 Å². The largest absolute Gasteiger partial charge is 0.495 e. The normalized spacial score (nSPS) is 10.4. The van der Waals surface area contributed by atoms with Gasteiger partial charge in [0.2, 0.25) is 6.54 Å². The van der Waals surface area contributed by atoms with E-state index in [1.807, 2.05) is 65.5 Å². The van der Waals surface area contributed by atoms with Crippen LogP contribution in [0.3, 0.4) is 0 Å². The molecule has 4 heteroatoms. The Balaban J connectivity index is 1.75. The van der Waals surface area contributed by atoms with E-state index in [1.165, 1.54) is 0 Å². The molecular weight excluding hydrogens is 276 g/mol. The number of pyridine rings is 1. The van der Waals surface area contributed by atoms with Gasteiger partial charge in [0.05, 0.1) is 12.8 Å². The predicted octanol–water partition coefficient (Wildman–Crippen LogP) is 2.77. The van der Waals surface area contributed by atoms with Crippen molar-refractivity contribution in [2.45, 2.75) is 6.54 Å². The highest BCUT2D eigenvalue weighted by atomic mass is 16.5. The fourth-order valence-electron chi connectivity index (χ4n) is 2.38. The molecule has 1 N–H and O–H groups in total. The van der Waals surface area contributed by atoms with E-state index in [-0.39, 0.29) is 12.5 Å². The lowest BCUT2D eigenvalue weighted by Crippen LogP contribution is -2.39. The summed E-state index contributed by atoms with van der Waals surface area (Å²) in [6.45, 7) is 0.253. The number of benzene rings is 2. The average Bonchev–Trinajstić information content (AvgIpc) is 2.55. The van der Waals surface area contributed by atoms with Crippen molar-refractivity contribution < 1.29 is 14.1 Å². The second-order valence-corrected chi connectivity index (χ2v) is 4.99. The van der Waals surface area contributed by atoms with E-state index < -0.39 is 0 Å². The van der Waals surface area contributed by atoms with Gasteiger partial charge in [0, 0.05) is 11.5 Å². The highest BCUT2D eigenvalue weighted by molar-refractivity contribution is 5.91. The lowest BCUT2D eigenvalue weighted by molar-refractivity contribution is -0.682. The third-order valence-corrected chi connectivity index (χ3v) is 3.45. The molecule has 0 bridgehead atoms. The van der Waals surface area contributed by atoms with Gasteiger partial charge in [-0.2, -0.15) is 4.57 Å². The van der Waals surface area contributed by atoms with Crippen LogP contribution in [0.15, 0.2) is 67.0 Å². The number of carbonyl (C=O) groups excluding carboxylic acids is 1. The van der Waals surface area contributed by atoms with Gasteiger partial charge in [-0.25, -0.2) is 0 Å². The first kappa shape index (κ1) is 14.1. The van der Waals surface area contributed by atoms with Gasteiger partial charge < -0.3 is 10.1 Å². The highest BCUT2D eigenvalue weighted by Gasteiger charge is 2.12. The van der Waals surface area contributed by atoms with Crippen LogP contribution in [0.1, 0.15) is 0 Å². The Kier molecular flexibility index (Phi) is 4.01. The Morgan fingerprint density at radius 2 is 1.77 bits per heavy atom. The number of rotatable bonds is 4. The molecular formula is C18H17N2O2+. The van der Waals surface area contributed by atoms with Crippen LogP contribution < -0.4 is 14.6 Å². The van der Waals surface area contributed by atoms with Gasteiger partial charge in [-0.15, -0.1) is 0 Å². The lowest BCUT2D eigenvalue weighted by Gasteiger charge is -2.08. The second-order valence-electron chi connectivity index (χ2n) is 4.99. The topological polar surface area (TPSA) is 42.2 Å². The van der Waals surface area contributed by atoms with Crippen LogP contribution in [-0.2, 0) is 11.3 Å². The number of fused-ring (bicyclic) bond motifs is 1. The van der Waals surface area contributed by atoms with E-state index in [1.54, 1.807) is 7.11 Å². The number of para-hydroxylation sites is 2. The van der Waals surface area contributed by atoms with E-state index >= 15 is 0 Å². The minimum atomic E-state index is -0.0928. The molecule has 0 aliphatic heterocycles. The number of hydrogen-bond acceptors (Lipinski definition) is 2. The van der Waals surface area contributed by atoms with Gasteiger partial charge in [-0.3, -0.25) is 4.79 Å². The number of aromatic nitrogens is 1. The van der Waals surface area contributed by atoms with E-state index in [4.69, 9.17) is 4.74 Å². The summed E-state index contributed by atoms with van der Waals surface area (Å²) < 4.78 is 7.10. The van der Waals surface area contributed by atoms with Crippen molar-refractivity contribution in [2.24, 2.45) is 0 Å². The average molecular weight is 293 g/mol. The van der Waals surface area contributed by atoms with Crippen molar-refractivity contribution in [3.63, 3.8) is 0 Å². The molecule has 110 valence electrons. The van der Waals surface area contributed by atoms with Crippen molar-refractivity contribution in [3.8, 4) is 5.75 Å². The highest BCUT2D eigenvalue weighted by Crippen LogP contribution is 2.22. The van der Waals surface area contributed by atoms with Gasteiger partial charge in [-0.1, -0.05) is 30.3 Å². The summed E-state index contributed by atoms with van der Waals surface area (Å²) >= 11 is 0. The van der Waals surface area contributed by atoms with Gasteiger partial charge in [-0.05, 0) is 23.6 Å². The molecule has 2 aromatic carbocycles. The predicted molar refractivity (Wildman–Crippen MR) is 85.8 cm³/mol. The molecule has 0 spiro atoms. The maximum Gasteiger partial charge on any atom is 0.290 e. The first-order chi connectivity index (χ1) is 10.8. The van der Waals surface area contributed by atoms with Crippen molar-refractivity contribution in [2.75, 3.05) is 12.4 Å². The molecule has 1 heterocycles. The number of anilines is 1. The first-order valence-electron chi connectivity index (χ1n) is 7.07. The molecule has 0 atom stereocenters. The minimum absolute atomic E-state index is 0.0928. The van der Waals surface area contributed by atoms with Crippen molar-refractivity contribution in [3.05, 3.63) is 67.0 Å². The lowest BCUT2D eigenvalue weighted by atomic mass is 10.2. The molecule has 3 aromatic rings. The van der Waals surface area contributed by atoms with E-state index in [0.717, 1.165) is 10.8 Å². The third kappa shape index (κ3) is 3.06. The molecule has 0 fully saturated rings. The number of nitrogens with one attached hydrogen (secondary N) is 1. The minimum Gasteiger partial charge on any atom is -0.495 e. The second kappa shape index (κ2) is 6.26. The zero-order chi connectivity index (χ0) is 15.4. The maximum absolute atomic E-state index is 12.2. The van der Waals surface area contributed by atoms with Gasteiger partial charge in [0.25, 0.3) is 5.91 Å². The smallest absolute Gasteiger partial charge is 0.290 e. The summed E-state index contributed by atoms with van der Waals surface area (Å²) in [7, 11) is 1.59. The summed E-state index contributed by atoms with van der Waals surface area (Å²) in [6, 6.07) is 17.4. The fraction of sp³-hybridized carbons (Fsp3) is 0.111. The molecule has 4 nitrogen and oxygen atoms in total. The molecule has 1 aromatic heterocycles. The standard InChI is InChI=1S/C18H16N2O2/c1-22-17-9-5-4-8-16(17)19-18(21)13-20-11-10-14-6-2-3-7-15(14)12-20/h2-12H,13H2,1H3/p+1. The number of amides is 1. The van der Waals surface area contributed by atoms with Gasteiger partial charge >= 0.3 is 0 Å². The Morgan fingerprint density at radius 3 is 2.59 bits per heavy atom. The van der Waals surface area contributed by atoms with Crippen LogP contribution in [0.25, 0.3) is 10.8 Å². The van der Waals surface area contributed by atoms with Crippen LogP contribution in [0, 0.1) is 0 Å².